The lowest BCUT2D eigenvalue weighted by atomic mass is 10.0. The number of hydrogen-bond donors (Lipinski definition) is 3. The predicted octanol–water partition coefficient (Wildman–Crippen LogP) is 6.55. The first-order chi connectivity index (χ1) is 18.4. The van der Waals surface area contributed by atoms with Gasteiger partial charge in [-0.25, -0.2) is 0 Å². The molecule has 0 aromatic rings. The third kappa shape index (κ3) is 24.9. The van der Waals surface area contributed by atoms with Crippen molar-refractivity contribution in [2.75, 3.05) is 13.2 Å². The number of carbonyl (C=O) groups excluding carboxylic acids is 2. The van der Waals surface area contributed by atoms with Gasteiger partial charge >= 0.3 is 11.9 Å². The van der Waals surface area contributed by atoms with Crippen molar-refractivity contribution in [1.29, 1.82) is 0 Å². The molecule has 0 saturated carbocycles. The van der Waals surface area contributed by atoms with E-state index in [0.717, 1.165) is 51.4 Å². The molecule has 0 aromatic carbocycles. The Morgan fingerprint density at radius 3 is 1.63 bits per heavy atom. The van der Waals surface area contributed by atoms with Crippen LogP contribution in [0.4, 0.5) is 0 Å². The normalized spacial score (nSPS) is 13.9. The van der Waals surface area contributed by atoms with Gasteiger partial charge in [-0.05, 0) is 38.5 Å². The van der Waals surface area contributed by atoms with Crippen LogP contribution in [0, 0.1) is 0 Å². The second-order valence-corrected chi connectivity index (χ2v) is 10.5. The van der Waals surface area contributed by atoms with E-state index in [1.807, 2.05) is 6.08 Å². The van der Waals surface area contributed by atoms with E-state index in [1.54, 1.807) is 0 Å². The molecule has 224 valence electrons. The van der Waals surface area contributed by atoms with Crippen molar-refractivity contribution >= 4 is 11.9 Å². The number of carbonyl (C=O) groups is 2. The Morgan fingerprint density at radius 2 is 1.08 bits per heavy atom. The summed E-state index contributed by atoms with van der Waals surface area (Å²) < 4.78 is 10.1. The number of rotatable bonds is 27. The summed E-state index contributed by atoms with van der Waals surface area (Å²) in [5.74, 6) is -0.680. The third-order valence-corrected chi connectivity index (χ3v) is 6.70. The van der Waals surface area contributed by atoms with Crippen molar-refractivity contribution in [2.45, 2.75) is 161 Å². The lowest BCUT2D eigenvalue weighted by Gasteiger charge is -2.16. The largest absolute Gasteiger partial charge is 0.463 e. The van der Waals surface area contributed by atoms with Crippen LogP contribution >= 0.6 is 0 Å². The van der Waals surface area contributed by atoms with Crippen molar-refractivity contribution in [3.63, 3.8) is 0 Å². The highest BCUT2D eigenvalue weighted by atomic mass is 16.6. The molecule has 0 saturated heterocycles. The zero-order valence-corrected chi connectivity index (χ0v) is 24.4. The minimum Gasteiger partial charge on any atom is -0.463 e. The van der Waals surface area contributed by atoms with Gasteiger partial charge in [0.2, 0.25) is 0 Å². The quantitative estimate of drug-likeness (QED) is 0.0612. The maximum absolute atomic E-state index is 11.9. The van der Waals surface area contributed by atoms with Crippen LogP contribution in [0.3, 0.4) is 0 Å². The van der Waals surface area contributed by atoms with Gasteiger partial charge < -0.3 is 24.8 Å². The fraction of sp³-hybridized carbons (Fsp3) is 0.871. The first-order valence-corrected chi connectivity index (χ1v) is 15.4. The van der Waals surface area contributed by atoms with Gasteiger partial charge in [-0.2, -0.15) is 0 Å². The van der Waals surface area contributed by atoms with E-state index >= 15 is 0 Å². The van der Waals surface area contributed by atoms with E-state index in [1.165, 1.54) is 44.9 Å². The fourth-order valence-electron chi connectivity index (χ4n) is 4.17. The predicted molar refractivity (Wildman–Crippen MR) is 153 cm³/mol. The molecule has 0 heterocycles. The highest BCUT2D eigenvalue weighted by Gasteiger charge is 2.14. The molecule has 0 fully saturated rings. The van der Waals surface area contributed by atoms with Crippen LogP contribution in [0.15, 0.2) is 12.2 Å². The molecule has 38 heavy (non-hydrogen) atoms. The molecule has 3 N–H and O–H groups in total. The van der Waals surface area contributed by atoms with Crippen molar-refractivity contribution in [2.24, 2.45) is 0 Å². The Kier molecular flexibility index (Phi) is 26.1. The molecule has 0 aliphatic carbocycles. The Balaban J connectivity index is 3.61. The zero-order chi connectivity index (χ0) is 28.3. The second-order valence-electron chi connectivity index (χ2n) is 10.5. The number of aliphatic hydroxyl groups excluding tert-OH is 3. The van der Waals surface area contributed by atoms with Gasteiger partial charge in [0.1, 0.15) is 19.3 Å². The Labute approximate surface area is 232 Å². The number of allylic oxidation sites excluding steroid dienone is 1. The van der Waals surface area contributed by atoms with Gasteiger partial charge in [0.25, 0.3) is 0 Å². The van der Waals surface area contributed by atoms with Crippen LogP contribution in [-0.2, 0) is 19.1 Å². The maximum Gasteiger partial charge on any atom is 0.305 e. The van der Waals surface area contributed by atoms with Crippen LogP contribution in [0.25, 0.3) is 0 Å². The topological polar surface area (TPSA) is 113 Å². The SMILES string of the molecule is CCCCC/C=C\C[C@@H](O)[C@H](O)CCCCCCCC(=O)OC[C@H](O)COC(=O)CCCCCCCCC. The maximum atomic E-state index is 11.9. The molecule has 0 spiro atoms. The van der Waals surface area contributed by atoms with E-state index in [2.05, 4.69) is 19.9 Å². The highest BCUT2D eigenvalue weighted by molar-refractivity contribution is 5.69. The summed E-state index contributed by atoms with van der Waals surface area (Å²) in [5.41, 5.74) is 0. The minimum absolute atomic E-state index is 0.154. The van der Waals surface area contributed by atoms with Gasteiger partial charge in [0, 0.05) is 12.8 Å². The Bertz CT molecular complexity index is 579. The monoisotopic (exact) mass is 542 g/mol. The number of hydrogen-bond acceptors (Lipinski definition) is 7. The van der Waals surface area contributed by atoms with Crippen LogP contribution in [0.1, 0.15) is 142 Å². The average molecular weight is 543 g/mol. The van der Waals surface area contributed by atoms with Gasteiger partial charge in [-0.15, -0.1) is 0 Å². The molecule has 7 nitrogen and oxygen atoms in total. The summed E-state index contributed by atoms with van der Waals surface area (Å²) in [4.78, 5) is 23.6. The highest BCUT2D eigenvalue weighted by Crippen LogP contribution is 2.13. The zero-order valence-electron chi connectivity index (χ0n) is 24.4. The van der Waals surface area contributed by atoms with Crippen molar-refractivity contribution in [1.82, 2.24) is 0 Å². The molecule has 0 radical (unpaired) electrons. The van der Waals surface area contributed by atoms with Crippen LogP contribution < -0.4 is 0 Å². The second kappa shape index (κ2) is 27.1. The van der Waals surface area contributed by atoms with Gasteiger partial charge in [0.15, 0.2) is 0 Å². The Morgan fingerprint density at radius 1 is 0.605 bits per heavy atom. The summed E-state index contributed by atoms with van der Waals surface area (Å²) >= 11 is 0. The molecule has 0 amide bonds. The average Bonchev–Trinajstić information content (AvgIpc) is 2.91. The molecule has 0 bridgehead atoms. The lowest BCUT2D eigenvalue weighted by molar-refractivity contribution is -0.152. The van der Waals surface area contributed by atoms with Crippen molar-refractivity contribution in [3.8, 4) is 0 Å². The van der Waals surface area contributed by atoms with Crippen LogP contribution in [-0.4, -0.2) is 58.8 Å². The first kappa shape index (κ1) is 36.6. The van der Waals surface area contributed by atoms with Crippen molar-refractivity contribution < 1.29 is 34.4 Å². The van der Waals surface area contributed by atoms with E-state index in [-0.39, 0.29) is 31.6 Å². The molecule has 0 aromatic heterocycles. The Hall–Kier alpha value is -1.44. The standard InChI is InChI=1S/C31H58O7/c1-3-5-7-9-11-15-19-23-30(35)37-25-27(32)26-38-31(36)24-20-16-12-14-18-22-29(34)28(33)21-17-13-10-8-6-4-2/h13,17,27-29,32-34H,3-12,14-16,18-26H2,1-2H3/b17-13-/t27-,28-,29-/m1/s1. The molecule has 0 aliphatic heterocycles. The van der Waals surface area contributed by atoms with Crippen molar-refractivity contribution in [3.05, 3.63) is 12.2 Å². The molecular formula is C31H58O7. The molecule has 7 heteroatoms. The molecule has 0 aliphatic rings. The fourth-order valence-corrected chi connectivity index (χ4v) is 4.17. The molecule has 0 unspecified atom stereocenters. The summed E-state index contributed by atoms with van der Waals surface area (Å²) in [7, 11) is 0. The van der Waals surface area contributed by atoms with E-state index in [4.69, 9.17) is 9.47 Å². The summed E-state index contributed by atoms with van der Waals surface area (Å²) in [5, 5.41) is 30.0. The number of ether oxygens (including phenoxy) is 2. The first-order valence-electron chi connectivity index (χ1n) is 15.4. The molecule has 3 atom stereocenters. The summed E-state index contributed by atoms with van der Waals surface area (Å²) in [6.07, 6.45) is 20.2. The van der Waals surface area contributed by atoms with Crippen LogP contribution in [0.2, 0.25) is 0 Å². The summed E-state index contributed by atoms with van der Waals surface area (Å²) in [6, 6.07) is 0. The molecule has 0 rings (SSSR count). The number of unbranched alkanes of at least 4 members (excludes halogenated alkanes) is 13. The number of aliphatic hydroxyl groups is 3. The number of esters is 2. The smallest absolute Gasteiger partial charge is 0.305 e. The molecular weight excluding hydrogens is 484 g/mol. The lowest BCUT2D eigenvalue weighted by Crippen LogP contribution is -2.25. The third-order valence-electron chi connectivity index (χ3n) is 6.70. The van der Waals surface area contributed by atoms with E-state index in [0.29, 0.717) is 25.7 Å². The van der Waals surface area contributed by atoms with Crippen LogP contribution in [0.5, 0.6) is 0 Å². The van der Waals surface area contributed by atoms with Gasteiger partial charge in [0.05, 0.1) is 12.2 Å². The summed E-state index contributed by atoms with van der Waals surface area (Å²) in [6.45, 7) is 4.04. The van der Waals surface area contributed by atoms with E-state index < -0.39 is 18.3 Å². The van der Waals surface area contributed by atoms with Gasteiger partial charge in [-0.3, -0.25) is 9.59 Å². The van der Waals surface area contributed by atoms with Gasteiger partial charge in [-0.1, -0.05) is 103 Å². The van der Waals surface area contributed by atoms with E-state index in [9.17, 15) is 24.9 Å². The minimum atomic E-state index is -1.00.